The summed E-state index contributed by atoms with van der Waals surface area (Å²) >= 11 is 0. The zero-order valence-corrected chi connectivity index (χ0v) is 8.19. The predicted octanol–water partition coefficient (Wildman–Crippen LogP) is 2.38. The van der Waals surface area contributed by atoms with Gasteiger partial charge in [-0.3, -0.25) is 0 Å². The summed E-state index contributed by atoms with van der Waals surface area (Å²) in [5.41, 5.74) is 0. The second kappa shape index (κ2) is 3.67. The quantitative estimate of drug-likeness (QED) is 0.658. The van der Waals surface area contributed by atoms with Crippen LogP contribution in [0.2, 0.25) is 0 Å². The minimum atomic E-state index is 0.351. The van der Waals surface area contributed by atoms with E-state index < -0.39 is 0 Å². The smallest absolute Gasteiger partial charge is 0.0470 e. The molecule has 4 atom stereocenters. The van der Waals surface area contributed by atoms with Gasteiger partial charge in [-0.25, -0.2) is 0 Å². The van der Waals surface area contributed by atoms with Gasteiger partial charge in [0.1, 0.15) is 0 Å². The Morgan fingerprint density at radius 3 is 2.85 bits per heavy atom. The first-order valence-corrected chi connectivity index (χ1v) is 5.32. The molecule has 1 N–H and O–H groups in total. The summed E-state index contributed by atoms with van der Waals surface area (Å²) in [5, 5.41) is 9.29. The van der Waals surface area contributed by atoms with Gasteiger partial charge >= 0.3 is 0 Å². The van der Waals surface area contributed by atoms with Crippen molar-refractivity contribution in [3.05, 3.63) is 24.3 Å². The van der Waals surface area contributed by atoms with Crippen molar-refractivity contribution in [3.63, 3.8) is 0 Å². The molecule has 1 heteroatoms. The summed E-state index contributed by atoms with van der Waals surface area (Å²) in [4.78, 5) is 0. The summed E-state index contributed by atoms with van der Waals surface area (Å²) in [5.74, 6) is 2.48. The lowest BCUT2D eigenvalue weighted by Crippen LogP contribution is -2.21. The highest BCUT2D eigenvalue weighted by molar-refractivity contribution is 5.17. The normalized spacial score (nSPS) is 42.3. The van der Waals surface area contributed by atoms with Gasteiger partial charge in [0.15, 0.2) is 0 Å². The van der Waals surface area contributed by atoms with Crippen LogP contribution in [0, 0.1) is 23.7 Å². The van der Waals surface area contributed by atoms with Crippen LogP contribution in [0.4, 0.5) is 0 Å². The summed E-state index contributed by atoms with van der Waals surface area (Å²) in [6.07, 6.45) is 11.6. The average molecular weight is 178 g/mol. The van der Waals surface area contributed by atoms with Gasteiger partial charge in [0.2, 0.25) is 0 Å². The number of fused-ring (bicyclic) bond motifs is 2. The largest absolute Gasteiger partial charge is 0.396 e. The molecule has 1 nitrogen and oxygen atoms in total. The summed E-state index contributed by atoms with van der Waals surface area (Å²) in [6.45, 7) is 2.51. The minimum Gasteiger partial charge on any atom is -0.396 e. The molecule has 0 radical (unpaired) electrons. The van der Waals surface area contributed by atoms with Crippen LogP contribution in [0.15, 0.2) is 24.3 Å². The van der Waals surface area contributed by atoms with Gasteiger partial charge in [-0.05, 0) is 36.5 Å². The molecule has 0 amide bonds. The van der Waals surface area contributed by atoms with Crippen molar-refractivity contribution in [1.29, 1.82) is 0 Å². The van der Waals surface area contributed by atoms with E-state index in [0.29, 0.717) is 30.3 Å². The number of aliphatic hydroxyl groups is 1. The lowest BCUT2D eigenvalue weighted by atomic mass is 9.83. The third-order valence-electron chi connectivity index (χ3n) is 3.49. The molecule has 4 unspecified atom stereocenters. The molecule has 0 aromatic carbocycles. The van der Waals surface area contributed by atoms with Crippen molar-refractivity contribution in [2.24, 2.45) is 23.7 Å². The Bertz CT molecular complexity index is 229. The van der Waals surface area contributed by atoms with Crippen LogP contribution in [0.1, 0.15) is 19.8 Å². The van der Waals surface area contributed by atoms with E-state index in [1.54, 1.807) is 0 Å². The van der Waals surface area contributed by atoms with Crippen molar-refractivity contribution in [2.45, 2.75) is 19.8 Å². The molecular weight excluding hydrogens is 160 g/mol. The standard InChI is InChI=1S/C12H18O/c1-2-3-4-11-9-5-6-10(7-9)12(11)8-13/h3-6,9-13H,2,7-8H2,1H3. The van der Waals surface area contributed by atoms with E-state index in [9.17, 15) is 5.11 Å². The first-order chi connectivity index (χ1) is 6.36. The van der Waals surface area contributed by atoms with E-state index in [2.05, 4.69) is 31.2 Å². The first kappa shape index (κ1) is 9.01. The molecule has 0 aromatic heterocycles. The molecule has 2 aliphatic carbocycles. The van der Waals surface area contributed by atoms with Crippen molar-refractivity contribution < 1.29 is 5.11 Å². The first-order valence-electron chi connectivity index (χ1n) is 5.32. The highest BCUT2D eigenvalue weighted by atomic mass is 16.3. The summed E-state index contributed by atoms with van der Waals surface area (Å²) < 4.78 is 0. The zero-order valence-electron chi connectivity index (χ0n) is 8.19. The number of aliphatic hydroxyl groups excluding tert-OH is 1. The topological polar surface area (TPSA) is 20.2 Å². The zero-order chi connectivity index (χ0) is 9.26. The van der Waals surface area contributed by atoms with Gasteiger partial charge in [-0.2, -0.15) is 0 Å². The highest BCUT2D eigenvalue weighted by Crippen LogP contribution is 2.48. The van der Waals surface area contributed by atoms with E-state index in [-0.39, 0.29) is 0 Å². The maximum absolute atomic E-state index is 9.29. The van der Waals surface area contributed by atoms with Crippen molar-refractivity contribution >= 4 is 0 Å². The molecule has 0 heterocycles. The maximum Gasteiger partial charge on any atom is 0.0470 e. The molecule has 0 aliphatic heterocycles. The molecule has 0 saturated heterocycles. The van der Waals surface area contributed by atoms with Gasteiger partial charge in [-0.1, -0.05) is 31.2 Å². The Balaban J connectivity index is 2.09. The third-order valence-corrected chi connectivity index (χ3v) is 3.49. The Morgan fingerprint density at radius 1 is 1.38 bits per heavy atom. The molecule has 2 aliphatic rings. The molecule has 2 rings (SSSR count). The SMILES string of the molecule is CCC=CC1C2C=CC(C2)C1CO. The molecule has 1 saturated carbocycles. The molecule has 1 fully saturated rings. The van der Waals surface area contributed by atoms with E-state index in [1.165, 1.54) is 6.42 Å². The lowest BCUT2D eigenvalue weighted by molar-refractivity contribution is 0.182. The second-order valence-corrected chi connectivity index (χ2v) is 4.21. The highest BCUT2D eigenvalue weighted by Gasteiger charge is 2.42. The van der Waals surface area contributed by atoms with E-state index in [4.69, 9.17) is 0 Å². The minimum absolute atomic E-state index is 0.351. The van der Waals surface area contributed by atoms with Gasteiger partial charge < -0.3 is 5.11 Å². The molecule has 13 heavy (non-hydrogen) atoms. The number of allylic oxidation sites excluding steroid dienone is 4. The van der Waals surface area contributed by atoms with Crippen LogP contribution in [0.5, 0.6) is 0 Å². The third kappa shape index (κ3) is 1.46. The van der Waals surface area contributed by atoms with E-state index in [0.717, 1.165) is 6.42 Å². The average Bonchev–Trinajstić information content (AvgIpc) is 2.73. The molecule has 0 spiro atoms. The Labute approximate surface area is 80.2 Å². The molecule has 0 aromatic rings. The fourth-order valence-corrected chi connectivity index (χ4v) is 2.80. The van der Waals surface area contributed by atoms with Gasteiger partial charge in [-0.15, -0.1) is 0 Å². The second-order valence-electron chi connectivity index (χ2n) is 4.21. The van der Waals surface area contributed by atoms with Gasteiger partial charge in [0.25, 0.3) is 0 Å². The van der Waals surface area contributed by atoms with Crippen LogP contribution >= 0.6 is 0 Å². The fraction of sp³-hybridized carbons (Fsp3) is 0.667. The van der Waals surface area contributed by atoms with Gasteiger partial charge in [0.05, 0.1) is 0 Å². The lowest BCUT2D eigenvalue weighted by Gasteiger charge is -2.23. The van der Waals surface area contributed by atoms with Crippen LogP contribution in [0.25, 0.3) is 0 Å². The van der Waals surface area contributed by atoms with E-state index in [1.807, 2.05) is 0 Å². The van der Waals surface area contributed by atoms with Gasteiger partial charge in [0, 0.05) is 6.61 Å². The van der Waals surface area contributed by atoms with Crippen LogP contribution < -0.4 is 0 Å². The predicted molar refractivity (Wildman–Crippen MR) is 54.2 cm³/mol. The Kier molecular flexibility index (Phi) is 2.54. The van der Waals surface area contributed by atoms with Crippen LogP contribution in [0.3, 0.4) is 0 Å². The fourth-order valence-electron chi connectivity index (χ4n) is 2.80. The van der Waals surface area contributed by atoms with Crippen molar-refractivity contribution in [3.8, 4) is 0 Å². The molecule has 2 bridgehead atoms. The monoisotopic (exact) mass is 178 g/mol. The number of hydrogen-bond donors (Lipinski definition) is 1. The summed E-state index contributed by atoms with van der Waals surface area (Å²) in [7, 11) is 0. The molecule has 72 valence electrons. The molecular formula is C12H18O. The van der Waals surface area contributed by atoms with Crippen LogP contribution in [-0.2, 0) is 0 Å². The van der Waals surface area contributed by atoms with E-state index >= 15 is 0 Å². The van der Waals surface area contributed by atoms with Crippen molar-refractivity contribution in [2.75, 3.05) is 6.61 Å². The van der Waals surface area contributed by atoms with Crippen LogP contribution in [-0.4, -0.2) is 11.7 Å². The Morgan fingerprint density at radius 2 is 2.15 bits per heavy atom. The maximum atomic E-state index is 9.29. The number of hydrogen-bond acceptors (Lipinski definition) is 1. The summed E-state index contributed by atoms with van der Waals surface area (Å²) in [6, 6.07) is 0. The van der Waals surface area contributed by atoms with Crippen molar-refractivity contribution in [1.82, 2.24) is 0 Å². The number of rotatable bonds is 3. The Hall–Kier alpha value is -0.560.